The second-order valence-electron chi connectivity index (χ2n) is 2.87. The van der Waals surface area contributed by atoms with Crippen LogP contribution in [0.5, 0.6) is 0 Å². The van der Waals surface area contributed by atoms with Crippen molar-refractivity contribution in [3.05, 3.63) is 15.0 Å². The molecule has 7 heteroatoms. The number of rotatable bonds is 3. The highest BCUT2D eigenvalue weighted by Gasteiger charge is 2.23. The van der Waals surface area contributed by atoms with Gasteiger partial charge in [0.1, 0.15) is 10.6 Å². The van der Waals surface area contributed by atoms with Crippen LogP contribution >= 0.6 is 34.5 Å². The summed E-state index contributed by atoms with van der Waals surface area (Å²) in [4.78, 5) is 26.1. The lowest BCUT2D eigenvalue weighted by Gasteiger charge is -2.05. The van der Waals surface area contributed by atoms with E-state index in [1.807, 2.05) is 0 Å². The Morgan fingerprint density at radius 1 is 1.47 bits per heavy atom. The van der Waals surface area contributed by atoms with Gasteiger partial charge < -0.3 is 4.74 Å². The van der Waals surface area contributed by atoms with Gasteiger partial charge >= 0.3 is 5.97 Å². The second-order valence-corrected chi connectivity index (χ2v) is 4.80. The van der Waals surface area contributed by atoms with E-state index in [0.717, 1.165) is 11.3 Å². The summed E-state index contributed by atoms with van der Waals surface area (Å²) in [6, 6.07) is 0. The fraction of sp³-hybridized carbons (Fsp3) is 0.375. The summed E-state index contributed by atoms with van der Waals surface area (Å²) >= 11 is 11.7. The fourth-order valence-corrected chi connectivity index (χ4v) is 2.01. The Hall–Kier alpha value is -0.650. The number of carbonyl (C=O) groups excluding carboxylic acids is 2. The van der Waals surface area contributed by atoms with Crippen LogP contribution in [0.2, 0.25) is 4.47 Å². The number of hydrogen-bond donors (Lipinski definition) is 0. The van der Waals surface area contributed by atoms with Crippen LogP contribution in [0.4, 0.5) is 0 Å². The number of thiazole rings is 1. The summed E-state index contributed by atoms with van der Waals surface area (Å²) < 4.78 is 4.98. The molecule has 15 heavy (non-hydrogen) atoms. The van der Waals surface area contributed by atoms with Crippen LogP contribution in [0, 0.1) is 0 Å². The number of esters is 1. The molecule has 4 nitrogen and oxygen atoms in total. The molecule has 0 aliphatic heterocycles. The first-order valence-electron chi connectivity index (χ1n) is 3.99. The average Bonchev–Trinajstić information content (AvgIpc) is 2.46. The molecule has 0 unspecified atom stereocenters. The predicted octanol–water partition coefficient (Wildman–Crippen LogP) is 2.74. The molecule has 0 aliphatic rings. The van der Waals surface area contributed by atoms with Gasteiger partial charge in [0.2, 0.25) is 0 Å². The van der Waals surface area contributed by atoms with Gasteiger partial charge in [-0.25, -0.2) is 9.78 Å². The van der Waals surface area contributed by atoms with Crippen molar-refractivity contribution in [2.75, 3.05) is 0 Å². The summed E-state index contributed by atoms with van der Waals surface area (Å²) in [7, 11) is 0. The number of nitrogens with zero attached hydrogens (tertiary/aromatic N) is 1. The summed E-state index contributed by atoms with van der Waals surface area (Å²) in [6.07, 6.45) is -0.281. The summed E-state index contributed by atoms with van der Waals surface area (Å²) in [5.41, 5.74) is -0.155. The first-order chi connectivity index (χ1) is 6.91. The van der Waals surface area contributed by atoms with Gasteiger partial charge in [0.15, 0.2) is 4.47 Å². The smallest absolute Gasteiger partial charge is 0.351 e. The average molecular weight is 268 g/mol. The monoisotopic (exact) mass is 267 g/mol. The third kappa shape index (κ3) is 3.15. The van der Waals surface area contributed by atoms with Crippen LogP contribution in [0.1, 0.15) is 34.0 Å². The van der Waals surface area contributed by atoms with E-state index in [2.05, 4.69) is 4.98 Å². The zero-order chi connectivity index (χ0) is 11.6. The van der Waals surface area contributed by atoms with Crippen molar-refractivity contribution in [2.45, 2.75) is 20.0 Å². The lowest BCUT2D eigenvalue weighted by molar-refractivity contribution is 0.0381. The largest absolute Gasteiger partial charge is 0.459 e. The van der Waals surface area contributed by atoms with E-state index in [0.29, 0.717) is 0 Å². The standard InChI is InChI=1S/C8H7Cl2NO3S/c1-3(2)14-7(13)5-4(6(9)12)11-8(10)15-5/h3H,1-2H3. The van der Waals surface area contributed by atoms with E-state index in [-0.39, 0.29) is 21.1 Å². The maximum absolute atomic E-state index is 11.5. The van der Waals surface area contributed by atoms with Crippen molar-refractivity contribution in [1.82, 2.24) is 4.98 Å². The van der Waals surface area contributed by atoms with Gasteiger partial charge in [0, 0.05) is 0 Å². The number of carbonyl (C=O) groups is 2. The first-order valence-corrected chi connectivity index (χ1v) is 5.56. The molecule has 0 aromatic carbocycles. The van der Waals surface area contributed by atoms with Crippen LogP contribution < -0.4 is 0 Å². The highest BCUT2D eigenvalue weighted by atomic mass is 35.5. The maximum atomic E-state index is 11.5. The summed E-state index contributed by atoms with van der Waals surface area (Å²) in [6.45, 7) is 3.39. The first kappa shape index (κ1) is 12.4. The Balaban J connectivity index is 3.02. The van der Waals surface area contributed by atoms with E-state index in [9.17, 15) is 9.59 Å². The maximum Gasteiger partial charge on any atom is 0.351 e. The van der Waals surface area contributed by atoms with Crippen molar-refractivity contribution in [1.29, 1.82) is 0 Å². The summed E-state index contributed by atoms with van der Waals surface area (Å²) in [5.74, 6) is -0.640. The Kier molecular flexibility index (Phi) is 4.07. The van der Waals surface area contributed by atoms with Gasteiger partial charge in [-0.1, -0.05) is 22.9 Å². The number of hydrogen-bond acceptors (Lipinski definition) is 5. The van der Waals surface area contributed by atoms with Crippen LogP contribution in [-0.2, 0) is 4.74 Å². The molecule has 0 aliphatic carbocycles. The third-order valence-corrected chi connectivity index (χ3v) is 2.63. The Bertz CT molecular complexity index is 403. The van der Waals surface area contributed by atoms with E-state index < -0.39 is 11.2 Å². The minimum absolute atomic E-state index is 0.0358. The Morgan fingerprint density at radius 3 is 2.53 bits per heavy atom. The van der Waals surface area contributed by atoms with Gasteiger partial charge in [-0.15, -0.1) is 0 Å². The molecule has 0 bridgehead atoms. The fourth-order valence-electron chi connectivity index (χ4n) is 0.833. The zero-order valence-corrected chi connectivity index (χ0v) is 10.2. The molecule has 0 spiro atoms. The minimum Gasteiger partial charge on any atom is -0.459 e. The van der Waals surface area contributed by atoms with Gasteiger partial charge in [-0.2, -0.15) is 0 Å². The molecule has 1 rings (SSSR count). The molecule has 1 aromatic rings. The van der Waals surface area contributed by atoms with Crippen LogP contribution in [0.15, 0.2) is 0 Å². The third-order valence-electron chi connectivity index (χ3n) is 1.32. The molecule has 1 aromatic heterocycles. The van der Waals surface area contributed by atoms with Gasteiger partial charge in [0.05, 0.1) is 6.10 Å². The topological polar surface area (TPSA) is 56.3 Å². The molecule has 0 radical (unpaired) electrons. The van der Waals surface area contributed by atoms with Crippen molar-refractivity contribution in [3.63, 3.8) is 0 Å². The van der Waals surface area contributed by atoms with E-state index in [4.69, 9.17) is 27.9 Å². The number of ether oxygens (including phenoxy) is 1. The molecule has 82 valence electrons. The lowest BCUT2D eigenvalue weighted by atomic mass is 10.4. The van der Waals surface area contributed by atoms with Crippen molar-refractivity contribution in [2.24, 2.45) is 0 Å². The number of halogens is 2. The molecule has 0 fully saturated rings. The molecule has 0 saturated carbocycles. The van der Waals surface area contributed by atoms with E-state index in [1.54, 1.807) is 13.8 Å². The second kappa shape index (κ2) is 4.92. The Labute approximate surface area is 100 Å². The van der Waals surface area contributed by atoms with Crippen molar-refractivity contribution in [3.8, 4) is 0 Å². The molecule has 0 amide bonds. The molecular weight excluding hydrogens is 261 g/mol. The molecule has 0 atom stereocenters. The predicted molar refractivity (Wildman–Crippen MR) is 57.9 cm³/mol. The Morgan fingerprint density at radius 2 is 2.07 bits per heavy atom. The quantitative estimate of drug-likeness (QED) is 0.624. The van der Waals surface area contributed by atoms with Crippen molar-refractivity contribution >= 4 is 45.8 Å². The highest BCUT2D eigenvalue weighted by molar-refractivity contribution is 7.18. The van der Waals surface area contributed by atoms with E-state index in [1.165, 1.54) is 0 Å². The molecular formula is C8H7Cl2NO3S. The molecule has 0 saturated heterocycles. The van der Waals surface area contributed by atoms with Gasteiger partial charge in [-0.05, 0) is 25.4 Å². The normalized spacial score (nSPS) is 10.5. The zero-order valence-electron chi connectivity index (χ0n) is 7.91. The van der Waals surface area contributed by atoms with Gasteiger partial charge in [0.25, 0.3) is 5.24 Å². The van der Waals surface area contributed by atoms with Crippen LogP contribution in [0.25, 0.3) is 0 Å². The van der Waals surface area contributed by atoms with Crippen LogP contribution in [-0.4, -0.2) is 22.3 Å². The molecule has 0 N–H and O–H groups in total. The van der Waals surface area contributed by atoms with Gasteiger partial charge in [-0.3, -0.25) is 4.79 Å². The van der Waals surface area contributed by atoms with E-state index >= 15 is 0 Å². The molecule has 1 heterocycles. The van der Waals surface area contributed by atoms with Crippen molar-refractivity contribution < 1.29 is 14.3 Å². The van der Waals surface area contributed by atoms with Crippen LogP contribution in [0.3, 0.4) is 0 Å². The summed E-state index contributed by atoms with van der Waals surface area (Å²) in [5, 5.41) is -0.825. The lowest BCUT2D eigenvalue weighted by Crippen LogP contribution is -2.12. The minimum atomic E-state index is -0.825. The SMILES string of the molecule is CC(C)OC(=O)c1sc(Cl)nc1C(=O)Cl. The number of aromatic nitrogens is 1. The highest BCUT2D eigenvalue weighted by Crippen LogP contribution is 2.25.